The zero-order chi connectivity index (χ0) is 13.5. The molecule has 0 aliphatic carbocycles. The summed E-state index contributed by atoms with van der Waals surface area (Å²) in [4.78, 5) is 14.2. The Hall–Kier alpha value is -0.110. The molecule has 2 fully saturated rings. The Kier molecular flexibility index (Phi) is 11.4. The zero-order valence-electron chi connectivity index (χ0n) is 12.5. The highest BCUT2D eigenvalue weighted by Gasteiger charge is 2.19. The summed E-state index contributed by atoms with van der Waals surface area (Å²) in [6.07, 6.45) is 0.496. The van der Waals surface area contributed by atoms with Gasteiger partial charge in [-0.15, -0.1) is 24.8 Å². The second-order valence-corrected chi connectivity index (χ2v) is 5.23. The van der Waals surface area contributed by atoms with Gasteiger partial charge in [0.25, 0.3) is 0 Å². The molecule has 0 bridgehead atoms. The number of carbonyl (C=O) groups excluding carboxylic acids is 1. The lowest BCUT2D eigenvalue weighted by atomic mass is 10.2. The summed E-state index contributed by atoms with van der Waals surface area (Å²) >= 11 is 0. The zero-order valence-corrected chi connectivity index (χ0v) is 14.1. The molecule has 0 aromatic heterocycles. The van der Waals surface area contributed by atoms with E-state index >= 15 is 0 Å². The monoisotopic (exact) mass is 343 g/mol. The molecule has 0 aromatic carbocycles. The first kappa shape index (κ1) is 20.9. The largest absolute Gasteiger partial charge is 0.379 e. The van der Waals surface area contributed by atoms with Gasteiger partial charge in [0, 0.05) is 44.7 Å². The number of hydrogen-bond donors (Lipinski definition) is 2. The lowest BCUT2D eigenvalue weighted by Gasteiger charge is -2.32. The summed E-state index contributed by atoms with van der Waals surface area (Å²) in [6, 6.07) is 0.524. The van der Waals surface area contributed by atoms with Gasteiger partial charge in [-0.1, -0.05) is 0 Å². The van der Waals surface area contributed by atoms with Gasteiger partial charge >= 0.3 is 0 Å². The van der Waals surface area contributed by atoms with Crippen LogP contribution >= 0.6 is 24.8 Å². The summed E-state index contributed by atoms with van der Waals surface area (Å²) in [5, 5.41) is 6.30. The fraction of sp³-hybridized carbons (Fsp3) is 0.923. The number of nitrogens with zero attached hydrogens (tertiary/aromatic N) is 1. The minimum Gasteiger partial charge on any atom is -0.379 e. The van der Waals surface area contributed by atoms with Crippen LogP contribution in [0.3, 0.4) is 0 Å². The van der Waals surface area contributed by atoms with Crippen molar-refractivity contribution in [2.24, 2.45) is 0 Å². The average Bonchev–Trinajstić information content (AvgIpc) is 2.47. The van der Waals surface area contributed by atoms with Gasteiger partial charge in [-0.25, -0.2) is 0 Å². The number of halogens is 2. The van der Waals surface area contributed by atoms with Crippen molar-refractivity contribution >= 4 is 30.7 Å². The third-order valence-electron chi connectivity index (χ3n) is 3.69. The molecule has 2 unspecified atom stereocenters. The third-order valence-corrected chi connectivity index (χ3v) is 3.69. The predicted octanol–water partition coefficient (Wildman–Crippen LogP) is 0.0454. The Balaban J connectivity index is 0.00000200. The predicted molar refractivity (Wildman–Crippen MR) is 86.6 cm³/mol. The Morgan fingerprint density at radius 1 is 1.29 bits per heavy atom. The van der Waals surface area contributed by atoms with Crippen LogP contribution in [0.5, 0.6) is 0 Å². The van der Waals surface area contributed by atoms with Crippen molar-refractivity contribution in [1.29, 1.82) is 0 Å². The smallest absolute Gasteiger partial charge is 0.221 e. The number of carbonyl (C=O) groups is 1. The molecular weight excluding hydrogens is 317 g/mol. The molecule has 6 nitrogen and oxygen atoms in total. The van der Waals surface area contributed by atoms with Crippen LogP contribution in [0.2, 0.25) is 0 Å². The van der Waals surface area contributed by atoms with Gasteiger partial charge in [0.2, 0.25) is 5.91 Å². The van der Waals surface area contributed by atoms with E-state index in [0.717, 1.165) is 39.5 Å². The van der Waals surface area contributed by atoms with Crippen LogP contribution < -0.4 is 10.6 Å². The molecule has 1 amide bonds. The molecule has 21 heavy (non-hydrogen) atoms. The van der Waals surface area contributed by atoms with Crippen LogP contribution in [-0.4, -0.2) is 75.5 Å². The van der Waals surface area contributed by atoms with Crippen LogP contribution in [0.25, 0.3) is 0 Å². The molecule has 2 saturated heterocycles. The molecule has 2 aliphatic rings. The van der Waals surface area contributed by atoms with Crippen molar-refractivity contribution in [3.63, 3.8) is 0 Å². The molecule has 0 aromatic rings. The lowest BCUT2D eigenvalue weighted by molar-refractivity contribution is -0.122. The van der Waals surface area contributed by atoms with Crippen LogP contribution in [-0.2, 0) is 14.3 Å². The van der Waals surface area contributed by atoms with Crippen LogP contribution in [0.1, 0.15) is 13.3 Å². The van der Waals surface area contributed by atoms with Gasteiger partial charge in [0.05, 0.1) is 26.4 Å². The molecule has 2 N–H and O–H groups in total. The Labute approximate surface area is 139 Å². The number of amides is 1. The van der Waals surface area contributed by atoms with Crippen molar-refractivity contribution in [2.45, 2.75) is 25.4 Å². The maximum absolute atomic E-state index is 11.8. The maximum atomic E-state index is 11.8. The van der Waals surface area contributed by atoms with E-state index in [1.807, 2.05) is 0 Å². The average molecular weight is 344 g/mol. The van der Waals surface area contributed by atoms with E-state index in [-0.39, 0.29) is 36.8 Å². The van der Waals surface area contributed by atoms with Gasteiger partial charge in [-0.3, -0.25) is 9.69 Å². The summed E-state index contributed by atoms with van der Waals surface area (Å²) < 4.78 is 10.7. The van der Waals surface area contributed by atoms with E-state index in [1.54, 1.807) is 0 Å². The molecule has 2 atom stereocenters. The molecule has 0 spiro atoms. The summed E-state index contributed by atoms with van der Waals surface area (Å²) in [7, 11) is 0. The minimum atomic E-state index is 0. The Bertz CT molecular complexity index is 286. The standard InChI is InChI=1S/C13H25N3O3.2ClH/c1-11(16-3-6-18-7-4-16)9-15-13(17)8-12-10-19-5-2-14-12;;/h11-12,14H,2-10H2,1H3,(H,15,17);2*1H. The molecular formula is C13H27Cl2N3O3. The van der Waals surface area contributed by atoms with Crippen LogP contribution in [0.15, 0.2) is 0 Å². The van der Waals surface area contributed by atoms with Crippen LogP contribution in [0.4, 0.5) is 0 Å². The van der Waals surface area contributed by atoms with Crippen molar-refractivity contribution < 1.29 is 14.3 Å². The molecule has 2 aliphatic heterocycles. The summed E-state index contributed by atoms with van der Waals surface area (Å²) in [6.45, 7) is 8.55. The lowest BCUT2D eigenvalue weighted by Crippen LogP contribution is -2.49. The first-order valence-corrected chi connectivity index (χ1v) is 7.15. The van der Waals surface area contributed by atoms with Crippen molar-refractivity contribution in [2.75, 3.05) is 52.6 Å². The van der Waals surface area contributed by atoms with Gasteiger partial charge in [-0.2, -0.15) is 0 Å². The number of morpholine rings is 2. The first-order chi connectivity index (χ1) is 9.25. The van der Waals surface area contributed by atoms with Gasteiger partial charge < -0.3 is 20.1 Å². The molecule has 2 heterocycles. The topological polar surface area (TPSA) is 62.8 Å². The second-order valence-electron chi connectivity index (χ2n) is 5.23. The Morgan fingerprint density at radius 2 is 2.00 bits per heavy atom. The third kappa shape index (κ3) is 7.63. The van der Waals surface area contributed by atoms with E-state index < -0.39 is 0 Å². The molecule has 0 saturated carbocycles. The quantitative estimate of drug-likeness (QED) is 0.738. The second kappa shape index (κ2) is 11.5. The molecule has 0 radical (unpaired) electrons. The summed E-state index contributed by atoms with van der Waals surface area (Å²) in [5.74, 6) is 0.100. The van der Waals surface area contributed by atoms with Crippen LogP contribution in [0, 0.1) is 0 Å². The van der Waals surface area contributed by atoms with Crippen molar-refractivity contribution in [1.82, 2.24) is 15.5 Å². The van der Waals surface area contributed by atoms with Crippen molar-refractivity contribution in [3.8, 4) is 0 Å². The fourth-order valence-corrected chi connectivity index (χ4v) is 2.46. The van der Waals surface area contributed by atoms with Crippen molar-refractivity contribution in [3.05, 3.63) is 0 Å². The highest BCUT2D eigenvalue weighted by atomic mass is 35.5. The van der Waals surface area contributed by atoms with E-state index in [9.17, 15) is 4.79 Å². The normalized spacial score (nSPS) is 24.3. The first-order valence-electron chi connectivity index (χ1n) is 7.15. The number of ether oxygens (including phenoxy) is 2. The Morgan fingerprint density at radius 3 is 2.62 bits per heavy atom. The maximum Gasteiger partial charge on any atom is 0.221 e. The highest BCUT2D eigenvalue weighted by Crippen LogP contribution is 2.03. The van der Waals surface area contributed by atoms with E-state index in [2.05, 4.69) is 22.5 Å². The van der Waals surface area contributed by atoms with Gasteiger partial charge in [0.1, 0.15) is 0 Å². The van der Waals surface area contributed by atoms with Gasteiger partial charge in [-0.05, 0) is 6.92 Å². The molecule has 126 valence electrons. The number of nitrogens with one attached hydrogen (secondary N) is 2. The number of rotatable bonds is 5. The summed E-state index contributed by atoms with van der Waals surface area (Å²) in [5.41, 5.74) is 0. The SMILES string of the molecule is CC(CNC(=O)CC1COCCN1)N1CCOCC1.Cl.Cl. The van der Waals surface area contributed by atoms with E-state index in [0.29, 0.717) is 25.6 Å². The van der Waals surface area contributed by atoms with E-state index in [1.165, 1.54) is 0 Å². The van der Waals surface area contributed by atoms with E-state index in [4.69, 9.17) is 9.47 Å². The van der Waals surface area contributed by atoms with Gasteiger partial charge in [0.15, 0.2) is 0 Å². The molecule has 8 heteroatoms. The fourth-order valence-electron chi connectivity index (χ4n) is 2.46. The highest BCUT2D eigenvalue weighted by molar-refractivity contribution is 5.85. The number of hydrogen-bond acceptors (Lipinski definition) is 5. The minimum absolute atomic E-state index is 0. The molecule has 2 rings (SSSR count).